The zero-order valence-corrected chi connectivity index (χ0v) is 14.9. The lowest BCUT2D eigenvalue weighted by Crippen LogP contribution is -2.20. The van der Waals surface area contributed by atoms with Gasteiger partial charge in [0.2, 0.25) is 5.28 Å². The zero-order chi connectivity index (χ0) is 18.8. The van der Waals surface area contributed by atoms with Crippen LogP contribution in [0.3, 0.4) is 0 Å². The summed E-state index contributed by atoms with van der Waals surface area (Å²) in [7, 11) is 1.77. The van der Waals surface area contributed by atoms with Crippen LogP contribution in [0.25, 0.3) is 0 Å². The first-order valence-corrected chi connectivity index (χ1v) is 8.11. The van der Waals surface area contributed by atoms with Crippen molar-refractivity contribution in [3.63, 3.8) is 0 Å². The standard InChI is InChI=1S/C15H20ClF3N6/c1-8(5-4-6-10-9(2)24-25(3)12(10)20)22-13-11(15(17,18)19)7-21-14(16)23-13/h7-8H,4-6,20H2,1-3H3,(H,21,22,23)/t8-/m0/s1. The molecule has 0 bridgehead atoms. The van der Waals surface area contributed by atoms with E-state index < -0.39 is 11.7 Å². The average molecular weight is 377 g/mol. The molecule has 0 amide bonds. The molecule has 0 unspecified atom stereocenters. The molecule has 0 aromatic carbocycles. The van der Waals surface area contributed by atoms with Crippen LogP contribution < -0.4 is 11.1 Å². The van der Waals surface area contributed by atoms with Gasteiger partial charge in [-0.15, -0.1) is 0 Å². The molecule has 0 spiro atoms. The number of anilines is 2. The maximum Gasteiger partial charge on any atom is 0.421 e. The Hall–Kier alpha value is -2.03. The molecule has 0 aliphatic heterocycles. The van der Waals surface area contributed by atoms with E-state index in [-0.39, 0.29) is 17.1 Å². The Morgan fingerprint density at radius 1 is 1.40 bits per heavy atom. The molecule has 2 aromatic rings. The summed E-state index contributed by atoms with van der Waals surface area (Å²) in [6.45, 7) is 3.67. The van der Waals surface area contributed by atoms with E-state index in [1.807, 2.05) is 6.92 Å². The lowest BCUT2D eigenvalue weighted by atomic mass is 10.1. The van der Waals surface area contributed by atoms with Gasteiger partial charge in [-0.2, -0.15) is 18.3 Å². The number of nitrogens with one attached hydrogen (secondary N) is 1. The van der Waals surface area contributed by atoms with Crippen LogP contribution in [-0.2, 0) is 19.6 Å². The first-order chi connectivity index (χ1) is 11.6. The highest BCUT2D eigenvalue weighted by Gasteiger charge is 2.35. The van der Waals surface area contributed by atoms with Gasteiger partial charge in [0.05, 0.1) is 5.69 Å². The van der Waals surface area contributed by atoms with Crippen LogP contribution in [0.2, 0.25) is 5.28 Å². The van der Waals surface area contributed by atoms with Crippen LogP contribution in [0.5, 0.6) is 0 Å². The van der Waals surface area contributed by atoms with Crippen molar-refractivity contribution in [2.24, 2.45) is 7.05 Å². The number of alkyl halides is 3. The van der Waals surface area contributed by atoms with Crippen molar-refractivity contribution in [2.45, 2.75) is 45.3 Å². The van der Waals surface area contributed by atoms with E-state index >= 15 is 0 Å². The molecule has 0 aliphatic rings. The summed E-state index contributed by atoms with van der Waals surface area (Å²) in [4.78, 5) is 7.08. The summed E-state index contributed by atoms with van der Waals surface area (Å²) in [6.07, 6.45) is -1.79. The Labute approximate surface area is 148 Å². The number of nitrogen functional groups attached to an aromatic ring is 1. The second-order valence-electron chi connectivity index (χ2n) is 5.91. The molecule has 10 heteroatoms. The van der Waals surface area contributed by atoms with Crippen molar-refractivity contribution < 1.29 is 13.2 Å². The largest absolute Gasteiger partial charge is 0.421 e. The van der Waals surface area contributed by atoms with E-state index in [2.05, 4.69) is 20.4 Å². The number of aromatic nitrogens is 4. The van der Waals surface area contributed by atoms with Gasteiger partial charge in [0, 0.05) is 24.8 Å². The lowest BCUT2D eigenvalue weighted by Gasteiger charge is -2.18. The first kappa shape index (κ1) is 19.3. The molecule has 1 atom stereocenters. The number of halogens is 4. The third kappa shape index (κ3) is 4.75. The highest BCUT2D eigenvalue weighted by Crippen LogP contribution is 2.34. The number of nitrogens with two attached hydrogens (primary N) is 1. The average Bonchev–Trinajstić information content (AvgIpc) is 2.72. The number of hydrogen-bond donors (Lipinski definition) is 2. The molecule has 138 valence electrons. The molecule has 3 N–H and O–H groups in total. The second-order valence-corrected chi connectivity index (χ2v) is 6.25. The summed E-state index contributed by atoms with van der Waals surface area (Å²) >= 11 is 5.62. The molecule has 0 radical (unpaired) electrons. The predicted octanol–water partition coefficient (Wildman–Crippen LogP) is 3.60. The van der Waals surface area contributed by atoms with Crippen LogP contribution in [0.15, 0.2) is 6.20 Å². The maximum absolute atomic E-state index is 13.0. The normalized spacial score (nSPS) is 13.1. The number of rotatable bonds is 6. The molecule has 25 heavy (non-hydrogen) atoms. The molecule has 0 saturated heterocycles. The molecular formula is C15H20ClF3N6. The Kier molecular flexibility index (Phi) is 5.76. The molecule has 2 rings (SSSR count). The van der Waals surface area contributed by atoms with Crippen LogP contribution >= 0.6 is 11.6 Å². The van der Waals surface area contributed by atoms with Gasteiger partial charge in [-0.3, -0.25) is 4.68 Å². The molecule has 2 aromatic heterocycles. The topological polar surface area (TPSA) is 81.7 Å². The molecule has 0 fully saturated rings. The third-order valence-corrected chi connectivity index (χ3v) is 4.09. The number of aryl methyl sites for hydroxylation is 2. The van der Waals surface area contributed by atoms with Crippen molar-refractivity contribution >= 4 is 23.2 Å². The Balaban J connectivity index is 1.99. The summed E-state index contributed by atoms with van der Waals surface area (Å²) < 4.78 is 40.6. The summed E-state index contributed by atoms with van der Waals surface area (Å²) in [5, 5.41) is 6.78. The fourth-order valence-corrected chi connectivity index (χ4v) is 2.73. The quantitative estimate of drug-likeness (QED) is 0.753. The van der Waals surface area contributed by atoms with Gasteiger partial charge in [0.25, 0.3) is 0 Å². The Morgan fingerprint density at radius 3 is 2.64 bits per heavy atom. The Morgan fingerprint density at radius 2 is 2.08 bits per heavy atom. The first-order valence-electron chi connectivity index (χ1n) is 7.73. The van der Waals surface area contributed by atoms with Gasteiger partial charge < -0.3 is 11.1 Å². The van der Waals surface area contributed by atoms with E-state index in [0.717, 1.165) is 17.7 Å². The van der Waals surface area contributed by atoms with E-state index in [4.69, 9.17) is 17.3 Å². The van der Waals surface area contributed by atoms with Crippen molar-refractivity contribution in [2.75, 3.05) is 11.1 Å². The second kappa shape index (κ2) is 7.47. The van der Waals surface area contributed by atoms with Gasteiger partial charge in [0.15, 0.2) is 0 Å². The molecule has 0 aliphatic carbocycles. The van der Waals surface area contributed by atoms with Gasteiger partial charge in [0.1, 0.15) is 17.2 Å². The van der Waals surface area contributed by atoms with Gasteiger partial charge in [-0.25, -0.2) is 9.97 Å². The van der Waals surface area contributed by atoms with Crippen molar-refractivity contribution in [1.82, 2.24) is 19.7 Å². The fraction of sp³-hybridized carbons (Fsp3) is 0.533. The van der Waals surface area contributed by atoms with Crippen LogP contribution in [0.1, 0.15) is 36.6 Å². The number of nitrogens with zero attached hydrogens (tertiary/aromatic N) is 4. The fourth-order valence-electron chi connectivity index (χ4n) is 2.60. The van der Waals surface area contributed by atoms with E-state index in [1.54, 1.807) is 18.7 Å². The van der Waals surface area contributed by atoms with Crippen LogP contribution in [0.4, 0.5) is 24.8 Å². The summed E-state index contributed by atoms with van der Waals surface area (Å²) in [5.41, 5.74) is 6.85. The molecular weight excluding hydrogens is 357 g/mol. The summed E-state index contributed by atoms with van der Waals surface area (Å²) in [6, 6.07) is -0.231. The van der Waals surface area contributed by atoms with Crippen LogP contribution in [0, 0.1) is 6.92 Å². The highest BCUT2D eigenvalue weighted by atomic mass is 35.5. The smallest absolute Gasteiger partial charge is 0.384 e. The van der Waals surface area contributed by atoms with Crippen molar-refractivity contribution in [3.8, 4) is 0 Å². The van der Waals surface area contributed by atoms with E-state index in [0.29, 0.717) is 24.9 Å². The molecule has 2 heterocycles. The van der Waals surface area contributed by atoms with E-state index in [1.165, 1.54) is 0 Å². The Bertz CT molecular complexity index is 744. The van der Waals surface area contributed by atoms with Crippen molar-refractivity contribution in [1.29, 1.82) is 0 Å². The molecule has 0 saturated carbocycles. The van der Waals surface area contributed by atoms with Crippen LogP contribution in [-0.4, -0.2) is 25.8 Å². The van der Waals surface area contributed by atoms with Gasteiger partial charge in [-0.05, 0) is 44.7 Å². The minimum absolute atomic E-state index is 0.231. The minimum Gasteiger partial charge on any atom is -0.384 e. The van der Waals surface area contributed by atoms with Crippen molar-refractivity contribution in [3.05, 3.63) is 28.3 Å². The SMILES string of the molecule is Cc1nn(C)c(N)c1CCC[C@H](C)Nc1nc(Cl)ncc1C(F)(F)F. The van der Waals surface area contributed by atoms with Gasteiger partial charge >= 0.3 is 6.18 Å². The number of hydrogen-bond acceptors (Lipinski definition) is 5. The lowest BCUT2D eigenvalue weighted by molar-refractivity contribution is -0.137. The predicted molar refractivity (Wildman–Crippen MR) is 90.4 cm³/mol. The highest BCUT2D eigenvalue weighted by molar-refractivity contribution is 6.28. The maximum atomic E-state index is 13.0. The summed E-state index contributed by atoms with van der Waals surface area (Å²) in [5.74, 6) is 0.303. The minimum atomic E-state index is -4.55. The third-order valence-electron chi connectivity index (χ3n) is 3.91. The van der Waals surface area contributed by atoms with E-state index in [9.17, 15) is 13.2 Å². The monoisotopic (exact) mass is 376 g/mol. The van der Waals surface area contributed by atoms with Gasteiger partial charge in [-0.1, -0.05) is 0 Å². The zero-order valence-electron chi connectivity index (χ0n) is 14.2. The molecule has 6 nitrogen and oxygen atoms in total.